The number of aliphatic imine (C=N–C) groups is 1. The third kappa shape index (κ3) is 2.37. The third-order valence-corrected chi connectivity index (χ3v) is 3.95. The Labute approximate surface area is 103 Å². The molecule has 4 nitrogen and oxygen atoms in total. The summed E-state index contributed by atoms with van der Waals surface area (Å²) < 4.78 is 5.74. The highest BCUT2D eigenvalue weighted by molar-refractivity contribution is 6.09. The van der Waals surface area contributed by atoms with Crippen LogP contribution in [0, 0.1) is 0 Å². The number of amidine groups is 1. The summed E-state index contributed by atoms with van der Waals surface area (Å²) in [6.45, 7) is 1.99. The molecule has 1 aliphatic heterocycles. The van der Waals surface area contributed by atoms with Crippen molar-refractivity contribution in [3.05, 3.63) is 0 Å². The molecular formula is C13H22N2O2. The molecule has 2 aliphatic rings. The third-order valence-electron chi connectivity index (χ3n) is 3.95. The van der Waals surface area contributed by atoms with Gasteiger partial charge in [0, 0.05) is 7.11 Å². The normalized spacial score (nSPS) is 28.5. The summed E-state index contributed by atoms with van der Waals surface area (Å²) in [5, 5.41) is 2.93. The number of hydrogen-bond acceptors (Lipinski definition) is 3. The molecule has 1 saturated carbocycles. The van der Waals surface area contributed by atoms with Crippen LogP contribution in [0.4, 0.5) is 0 Å². The Morgan fingerprint density at radius 3 is 2.47 bits per heavy atom. The predicted octanol–water partition coefficient (Wildman–Crippen LogP) is 2.03. The second-order valence-electron chi connectivity index (χ2n) is 5.00. The van der Waals surface area contributed by atoms with Gasteiger partial charge in [-0.25, -0.2) is 0 Å². The lowest BCUT2D eigenvalue weighted by Crippen LogP contribution is -2.47. The number of nitrogens with zero attached hydrogens (tertiary/aromatic N) is 1. The summed E-state index contributed by atoms with van der Waals surface area (Å²) in [5.74, 6) is 0.807. The number of hydrogen-bond donors (Lipinski definition) is 1. The van der Waals surface area contributed by atoms with Crippen molar-refractivity contribution in [2.45, 2.75) is 63.5 Å². The fourth-order valence-electron chi connectivity index (χ4n) is 2.79. The second kappa shape index (κ2) is 5.17. The summed E-state index contributed by atoms with van der Waals surface area (Å²) in [7, 11) is 1.74. The second-order valence-corrected chi connectivity index (χ2v) is 5.00. The number of carbonyl (C=O) groups excluding carboxylic acids is 1. The number of ether oxygens (including phenoxy) is 1. The van der Waals surface area contributed by atoms with Crippen molar-refractivity contribution in [1.29, 1.82) is 0 Å². The molecule has 1 fully saturated rings. The van der Waals surface area contributed by atoms with Crippen LogP contribution >= 0.6 is 0 Å². The molecule has 0 aromatic rings. The lowest BCUT2D eigenvalue weighted by Gasteiger charge is -2.31. The first-order chi connectivity index (χ1) is 8.22. The Bertz CT molecular complexity index is 317. The highest BCUT2D eigenvalue weighted by Crippen LogP contribution is 2.32. The van der Waals surface area contributed by atoms with Gasteiger partial charge in [-0.05, 0) is 19.3 Å². The van der Waals surface area contributed by atoms with E-state index in [9.17, 15) is 4.79 Å². The highest BCUT2D eigenvalue weighted by Gasteiger charge is 2.41. The Balaban J connectivity index is 2.20. The van der Waals surface area contributed by atoms with E-state index >= 15 is 0 Å². The van der Waals surface area contributed by atoms with Gasteiger partial charge in [-0.1, -0.05) is 32.6 Å². The van der Waals surface area contributed by atoms with Crippen LogP contribution in [0.25, 0.3) is 0 Å². The minimum absolute atomic E-state index is 0.0307. The SMILES string of the molecule is CCC1N=C(C2(OC)CCCCCC2)NC1=O. The Hall–Kier alpha value is -0.900. The van der Waals surface area contributed by atoms with Gasteiger partial charge in [0.15, 0.2) is 0 Å². The molecule has 0 saturated heterocycles. The minimum atomic E-state index is -0.337. The maximum atomic E-state index is 11.7. The van der Waals surface area contributed by atoms with Crippen molar-refractivity contribution in [2.24, 2.45) is 4.99 Å². The van der Waals surface area contributed by atoms with E-state index in [0.717, 1.165) is 37.9 Å². The van der Waals surface area contributed by atoms with Crippen LogP contribution < -0.4 is 5.32 Å². The van der Waals surface area contributed by atoms with E-state index in [0.29, 0.717) is 0 Å². The fourth-order valence-corrected chi connectivity index (χ4v) is 2.79. The van der Waals surface area contributed by atoms with Crippen molar-refractivity contribution in [3.63, 3.8) is 0 Å². The van der Waals surface area contributed by atoms with Gasteiger partial charge in [-0.15, -0.1) is 0 Å². The lowest BCUT2D eigenvalue weighted by molar-refractivity contribution is -0.120. The molecule has 1 N–H and O–H groups in total. The first-order valence-corrected chi connectivity index (χ1v) is 6.66. The van der Waals surface area contributed by atoms with Crippen molar-refractivity contribution >= 4 is 11.7 Å². The van der Waals surface area contributed by atoms with Gasteiger partial charge in [-0.3, -0.25) is 9.79 Å². The molecule has 0 aromatic carbocycles. The fraction of sp³-hybridized carbons (Fsp3) is 0.846. The van der Waals surface area contributed by atoms with E-state index in [-0.39, 0.29) is 17.6 Å². The molecule has 2 rings (SSSR count). The van der Waals surface area contributed by atoms with Gasteiger partial charge < -0.3 is 10.1 Å². The van der Waals surface area contributed by atoms with Crippen LogP contribution in [0.2, 0.25) is 0 Å². The van der Waals surface area contributed by atoms with Crippen LogP contribution in [0.3, 0.4) is 0 Å². The molecule has 1 amide bonds. The monoisotopic (exact) mass is 238 g/mol. The van der Waals surface area contributed by atoms with Gasteiger partial charge in [-0.2, -0.15) is 0 Å². The van der Waals surface area contributed by atoms with E-state index in [4.69, 9.17) is 4.74 Å². The quantitative estimate of drug-likeness (QED) is 0.765. The van der Waals surface area contributed by atoms with Gasteiger partial charge in [0.2, 0.25) is 5.91 Å². The number of methoxy groups -OCH3 is 1. The van der Waals surface area contributed by atoms with Crippen LogP contribution in [0.1, 0.15) is 51.9 Å². The summed E-state index contributed by atoms with van der Waals surface area (Å²) in [6.07, 6.45) is 7.51. The lowest BCUT2D eigenvalue weighted by atomic mass is 9.92. The number of amides is 1. The zero-order chi connectivity index (χ0) is 12.3. The van der Waals surface area contributed by atoms with Gasteiger partial charge >= 0.3 is 0 Å². The molecular weight excluding hydrogens is 216 g/mol. The maximum absolute atomic E-state index is 11.7. The van der Waals surface area contributed by atoms with Crippen molar-refractivity contribution in [1.82, 2.24) is 5.32 Å². The van der Waals surface area contributed by atoms with E-state index in [2.05, 4.69) is 10.3 Å². The number of rotatable bonds is 3. The average molecular weight is 238 g/mol. The summed E-state index contributed by atoms with van der Waals surface area (Å²) in [4.78, 5) is 16.2. The first kappa shape index (κ1) is 12.6. The molecule has 1 atom stereocenters. The van der Waals surface area contributed by atoms with Gasteiger partial charge in [0.05, 0.1) is 0 Å². The van der Waals surface area contributed by atoms with E-state index in [1.807, 2.05) is 6.92 Å². The van der Waals surface area contributed by atoms with Gasteiger partial charge in [0.25, 0.3) is 0 Å². The van der Waals surface area contributed by atoms with Crippen molar-refractivity contribution < 1.29 is 9.53 Å². The highest BCUT2D eigenvalue weighted by atomic mass is 16.5. The minimum Gasteiger partial charge on any atom is -0.370 e. The molecule has 1 heterocycles. The molecule has 0 spiro atoms. The van der Waals surface area contributed by atoms with Crippen LogP contribution in [-0.4, -0.2) is 30.5 Å². The molecule has 4 heteroatoms. The Morgan fingerprint density at radius 2 is 2.00 bits per heavy atom. The zero-order valence-electron chi connectivity index (χ0n) is 10.8. The topological polar surface area (TPSA) is 50.7 Å². The van der Waals surface area contributed by atoms with E-state index in [1.165, 1.54) is 12.8 Å². The largest absolute Gasteiger partial charge is 0.370 e. The molecule has 0 radical (unpaired) electrons. The van der Waals surface area contributed by atoms with E-state index < -0.39 is 0 Å². The Kier molecular flexibility index (Phi) is 3.82. The summed E-state index contributed by atoms with van der Waals surface area (Å²) >= 11 is 0. The summed E-state index contributed by atoms with van der Waals surface area (Å²) in [5.41, 5.74) is -0.337. The average Bonchev–Trinajstić information content (AvgIpc) is 2.59. The van der Waals surface area contributed by atoms with E-state index in [1.54, 1.807) is 7.11 Å². The zero-order valence-corrected chi connectivity index (χ0v) is 10.8. The van der Waals surface area contributed by atoms with Crippen molar-refractivity contribution in [3.8, 4) is 0 Å². The predicted molar refractivity (Wildman–Crippen MR) is 67.1 cm³/mol. The molecule has 1 unspecified atom stereocenters. The maximum Gasteiger partial charge on any atom is 0.250 e. The number of nitrogens with one attached hydrogen (secondary N) is 1. The van der Waals surface area contributed by atoms with Crippen LogP contribution in [0.15, 0.2) is 4.99 Å². The standard InChI is InChI=1S/C13H22N2O2/c1-3-10-11(16)15-12(14-10)13(17-2)8-6-4-5-7-9-13/h10H,3-9H2,1-2H3,(H,14,15,16). The molecule has 96 valence electrons. The first-order valence-electron chi connectivity index (χ1n) is 6.66. The summed E-state index contributed by atoms with van der Waals surface area (Å²) in [6, 6.07) is -0.208. The smallest absolute Gasteiger partial charge is 0.250 e. The van der Waals surface area contributed by atoms with Gasteiger partial charge in [0.1, 0.15) is 17.5 Å². The van der Waals surface area contributed by atoms with Crippen molar-refractivity contribution in [2.75, 3.05) is 7.11 Å². The van der Waals surface area contributed by atoms with Crippen LogP contribution in [-0.2, 0) is 9.53 Å². The van der Waals surface area contributed by atoms with Crippen LogP contribution in [0.5, 0.6) is 0 Å². The molecule has 1 aliphatic carbocycles. The molecule has 0 bridgehead atoms. The molecule has 17 heavy (non-hydrogen) atoms. The Morgan fingerprint density at radius 1 is 1.35 bits per heavy atom. The molecule has 0 aromatic heterocycles. The number of carbonyl (C=O) groups is 1.